The molecule has 4 rings (SSSR count). The molecule has 0 amide bonds. The van der Waals surface area contributed by atoms with Crippen LogP contribution in [0.3, 0.4) is 0 Å². The van der Waals surface area contributed by atoms with Gasteiger partial charge in [0.05, 0.1) is 28.1 Å². The first kappa shape index (κ1) is 16.6. The average molecular weight is 366 g/mol. The Morgan fingerprint density at radius 2 is 2.00 bits per heavy atom. The number of nitrogens with one attached hydrogen (secondary N) is 1. The highest BCUT2D eigenvalue weighted by molar-refractivity contribution is 6.32. The van der Waals surface area contributed by atoms with E-state index in [1.54, 1.807) is 12.1 Å². The summed E-state index contributed by atoms with van der Waals surface area (Å²) in [6.07, 6.45) is 1.51. The molecule has 0 spiro atoms. The van der Waals surface area contributed by atoms with E-state index in [1.165, 1.54) is 4.57 Å². The third-order valence-corrected chi connectivity index (χ3v) is 4.95. The van der Waals surface area contributed by atoms with Gasteiger partial charge in [-0.15, -0.1) is 0 Å². The number of para-hydroxylation sites is 1. The van der Waals surface area contributed by atoms with Crippen molar-refractivity contribution >= 4 is 28.5 Å². The predicted octanol–water partition coefficient (Wildman–Crippen LogP) is 3.46. The number of halogens is 1. The molecule has 1 aromatic carbocycles. The number of fused-ring (bicyclic) bond motifs is 1. The van der Waals surface area contributed by atoms with Crippen molar-refractivity contribution in [2.45, 2.75) is 25.8 Å². The molecule has 0 radical (unpaired) electrons. The first-order valence-corrected chi connectivity index (χ1v) is 8.76. The molecule has 26 heavy (non-hydrogen) atoms. The minimum Gasteiger partial charge on any atom is -0.366 e. The lowest BCUT2D eigenvalue weighted by Gasteiger charge is -2.32. The zero-order chi connectivity index (χ0) is 18.3. The summed E-state index contributed by atoms with van der Waals surface area (Å²) in [5.41, 5.74) is 1.41. The summed E-state index contributed by atoms with van der Waals surface area (Å²) in [6.45, 7) is 1.87. The van der Waals surface area contributed by atoms with Crippen molar-refractivity contribution in [1.82, 2.24) is 14.5 Å². The molecule has 7 heteroatoms. The molecule has 0 atom stereocenters. The monoisotopic (exact) mass is 365 g/mol. The Morgan fingerprint density at radius 3 is 2.73 bits per heavy atom. The van der Waals surface area contributed by atoms with Crippen molar-refractivity contribution in [2.24, 2.45) is 5.92 Å². The highest BCUT2D eigenvalue weighted by atomic mass is 35.5. The van der Waals surface area contributed by atoms with Crippen molar-refractivity contribution in [3.63, 3.8) is 0 Å². The Labute approximate surface area is 155 Å². The number of benzene rings is 1. The Balaban J connectivity index is 1.87. The van der Waals surface area contributed by atoms with Crippen LogP contribution in [0.4, 0.5) is 5.82 Å². The maximum atomic E-state index is 12.8. The smallest absolute Gasteiger partial charge is 0.355 e. The number of aryl methyl sites for hydroxylation is 1. The normalized spacial score (nSPS) is 19.0. The number of pyridine rings is 1. The number of hydrogen-bond donors (Lipinski definition) is 1. The van der Waals surface area contributed by atoms with Gasteiger partial charge in [-0.3, -0.25) is 0 Å². The third kappa shape index (κ3) is 2.80. The van der Waals surface area contributed by atoms with Crippen molar-refractivity contribution < 1.29 is 0 Å². The van der Waals surface area contributed by atoms with E-state index in [0.717, 1.165) is 23.9 Å². The summed E-state index contributed by atoms with van der Waals surface area (Å²) in [5, 5.41) is 13.4. The number of aromatic nitrogens is 3. The van der Waals surface area contributed by atoms with Crippen LogP contribution in [0.15, 0.2) is 41.2 Å². The van der Waals surface area contributed by atoms with Crippen LogP contribution in [0.25, 0.3) is 16.7 Å². The van der Waals surface area contributed by atoms with E-state index in [9.17, 15) is 4.79 Å². The molecule has 3 aromatic rings. The second-order valence-electron chi connectivity index (χ2n) is 6.49. The van der Waals surface area contributed by atoms with Gasteiger partial charge < -0.3 is 5.32 Å². The summed E-state index contributed by atoms with van der Waals surface area (Å²) in [4.78, 5) is 21.6. The quantitative estimate of drug-likeness (QED) is 0.768. The van der Waals surface area contributed by atoms with E-state index in [-0.39, 0.29) is 12.0 Å². The van der Waals surface area contributed by atoms with Crippen molar-refractivity contribution in [3.8, 4) is 11.8 Å². The summed E-state index contributed by atoms with van der Waals surface area (Å²) < 4.78 is 1.44. The fourth-order valence-electron chi connectivity index (χ4n) is 3.19. The van der Waals surface area contributed by atoms with Gasteiger partial charge in [0.25, 0.3) is 0 Å². The van der Waals surface area contributed by atoms with Crippen LogP contribution in [0.1, 0.15) is 18.5 Å². The minimum absolute atomic E-state index is 0.0719. The number of nitrogens with zero attached hydrogens (tertiary/aromatic N) is 4. The second kappa shape index (κ2) is 6.43. The molecule has 2 aromatic heterocycles. The molecule has 0 saturated heterocycles. The number of rotatable bonds is 3. The van der Waals surface area contributed by atoms with Crippen LogP contribution < -0.4 is 11.0 Å². The molecular formula is C19H16ClN5O. The molecule has 1 aliphatic carbocycles. The first-order chi connectivity index (χ1) is 12.6. The zero-order valence-electron chi connectivity index (χ0n) is 14.1. The lowest BCUT2D eigenvalue weighted by atomic mass is 9.81. The van der Waals surface area contributed by atoms with Crippen LogP contribution in [0.2, 0.25) is 5.02 Å². The Hall–Kier alpha value is -2.91. The molecule has 1 saturated carbocycles. The van der Waals surface area contributed by atoms with Gasteiger partial charge in [0.15, 0.2) is 5.65 Å². The average Bonchev–Trinajstić information content (AvgIpc) is 2.58. The fraction of sp³-hybridized carbons (Fsp3) is 0.263. The van der Waals surface area contributed by atoms with E-state index in [2.05, 4.69) is 21.4 Å². The number of anilines is 1. The van der Waals surface area contributed by atoms with E-state index in [4.69, 9.17) is 16.9 Å². The molecule has 1 N–H and O–H groups in total. The maximum Gasteiger partial charge on any atom is 0.355 e. The molecule has 2 heterocycles. The molecular weight excluding hydrogens is 350 g/mol. The minimum atomic E-state index is -0.442. The Morgan fingerprint density at radius 1 is 1.23 bits per heavy atom. The van der Waals surface area contributed by atoms with Gasteiger partial charge in [0, 0.05) is 11.7 Å². The largest absolute Gasteiger partial charge is 0.366 e. The Kier molecular flexibility index (Phi) is 4.09. The van der Waals surface area contributed by atoms with Gasteiger partial charge in [0.2, 0.25) is 0 Å². The molecule has 0 bridgehead atoms. The van der Waals surface area contributed by atoms with E-state index in [0.29, 0.717) is 22.2 Å². The third-order valence-electron chi connectivity index (χ3n) is 4.63. The van der Waals surface area contributed by atoms with Crippen LogP contribution in [-0.2, 0) is 0 Å². The topological polar surface area (TPSA) is 83.6 Å². The molecule has 0 aliphatic heterocycles. The van der Waals surface area contributed by atoms with Gasteiger partial charge in [-0.25, -0.2) is 14.3 Å². The summed E-state index contributed by atoms with van der Waals surface area (Å²) in [6, 6.07) is 13.3. The van der Waals surface area contributed by atoms with E-state index < -0.39 is 5.69 Å². The standard InChI is InChI=1S/C19H16ClN5O/c1-11-6-7-14-17(23-13-8-12(9-13)10-21)24-19(26)25(18(14)22-11)16-5-3-2-4-15(16)20/h2-7,12-13H,8-9H2,1H3,(H,23,24,26). The summed E-state index contributed by atoms with van der Waals surface area (Å²) in [5.74, 6) is 0.574. The lowest BCUT2D eigenvalue weighted by Crippen LogP contribution is -2.36. The molecule has 1 fully saturated rings. The zero-order valence-corrected chi connectivity index (χ0v) is 14.9. The molecule has 1 aliphatic rings. The highest BCUT2D eigenvalue weighted by Gasteiger charge is 2.30. The van der Waals surface area contributed by atoms with Gasteiger partial charge in [-0.2, -0.15) is 10.2 Å². The lowest BCUT2D eigenvalue weighted by molar-refractivity contribution is 0.353. The summed E-state index contributed by atoms with van der Waals surface area (Å²) in [7, 11) is 0. The molecule has 130 valence electrons. The SMILES string of the molecule is Cc1ccc2c(NC3CC(C#N)C3)nc(=O)n(-c3ccccc3Cl)c2n1. The highest BCUT2D eigenvalue weighted by Crippen LogP contribution is 2.31. The molecule has 6 nitrogen and oxygen atoms in total. The molecule has 0 unspecified atom stereocenters. The van der Waals surface area contributed by atoms with Crippen LogP contribution in [0, 0.1) is 24.2 Å². The van der Waals surface area contributed by atoms with Crippen LogP contribution in [0.5, 0.6) is 0 Å². The van der Waals surface area contributed by atoms with Crippen molar-refractivity contribution in [1.29, 1.82) is 5.26 Å². The van der Waals surface area contributed by atoms with E-state index >= 15 is 0 Å². The van der Waals surface area contributed by atoms with Crippen LogP contribution >= 0.6 is 11.6 Å². The summed E-state index contributed by atoms with van der Waals surface area (Å²) >= 11 is 6.30. The van der Waals surface area contributed by atoms with Gasteiger partial charge in [0.1, 0.15) is 5.82 Å². The first-order valence-electron chi connectivity index (χ1n) is 8.38. The fourth-order valence-corrected chi connectivity index (χ4v) is 3.41. The van der Waals surface area contributed by atoms with Crippen molar-refractivity contribution in [3.05, 3.63) is 57.6 Å². The number of hydrogen-bond acceptors (Lipinski definition) is 5. The van der Waals surface area contributed by atoms with Gasteiger partial charge >= 0.3 is 5.69 Å². The van der Waals surface area contributed by atoms with Crippen LogP contribution in [-0.4, -0.2) is 20.6 Å². The predicted molar refractivity (Wildman–Crippen MR) is 101 cm³/mol. The van der Waals surface area contributed by atoms with Gasteiger partial charge in [-0.1, -0.05) is 23.7 Å². The van der Waals surface area contributed by atoms with Gasteiger partial charge in [-0.05, 0) is 44.0 Å². The maximum absolute atomic E-state index is 12.8. The van der Waals surface area contributed by atoms with Crippen molar-refractivity contribution in [2.75, 3.05) is 5.32 Å². The van der Waals surface area contributed by atoms with E-state index in [1.807, 2.05) is 31.2 Å². The Bertz CT molecular complexity index is 1100. The number of nitriles is 1. The second-order valence-corrected chi connectivity index (χ2v) is 6.90.